The first-order valence-electron chi connectivity index (χ1n) is 13.8. The largest absolute Gasteiger partial charge is 0.480 e. The Morgan fingerprint density at radius 2 is 1.55 bits per heavy atom. The lowest BCUT2D eigenvalue weighted by Crippen LogP contribution is -2.57. The van der Waals surface area contributed by atoms with E-state index < -0.39 is 42.0 Å². The van der Waals surface area contributed by atoms with Crippen LogP contribution in [-0.4, -0.2) is 80.8 Å². The van der Waals surface area contributed by atoms with Crippen LogP contribution in [0.1, 0.15) is 36.8 Å². The lowest BCUT2D eigenvalue weighted by molar-refractivity contribution is -0.149. The summed E-state index contributed by atoms with van der Waals surface area (Å²) in [5.41, 5.74) is 8.94. The summed E-state index contributed by atoms with van der Waals surface area (Å²) in [5, 5.41) is 13.5. The maximum atomic E-state index is 13.7. The van der Waals surface area contributed by atoms with E-state index in [9.17, 15) is 24.3 Å². The standard InChI is InChI=1S/C30H35N5O5/c31-22(16-19-8-2-1-3-9-19)28(37)34-14-6-12-25(34)27(36)33-24(29(38)35-15-7-13-26(35)30(39)40)17-20-18-32-23-11-5-4-10-21(20)23/h1-5,8-11,18,22,24-26,32H,6-7,12-17,31H2,(H,33,36)(H,39,40)/t22-,24-,25-,26-/m0/s1. The van der Waals surface area contributed by atoms with E-state index in [1.807, 2.05) is 60.8 Å². The third-order valence-electron chi connectivity index (χ3n) is 7.99. The maximum absolute atomic E-state index is 13.7. The fourth-order valence-electron chi connectivity index (χ4n) is 5.95. The number of hydrogen-bond donors (Lipinski definition) is 4. The van der Waals surface area contributed by atoms with Gasteiger partial charge in [-0.3, -0.25) is 14.4 Å². The van der Waals surface area contributed by atoms with Crippen molar-refractivity contribution < 1.29 is 24.3 Å². The zero-order chi connectivity index (χ0) is 28.2. The maximum Gasteiger partial charge on any atom is 0.326 e. The fraction of sp³-hybridized carbons (Fsp3) is 0.400. The highest BCUT2D eigenvalue weighted by atomic mass is 16.4. The summed E-state index contributed by atoms with van der Waals surface area (Å²) in [7, 11) is 0. The van der Waals surface area contributed by atoms with Gasteiger partial charge in [0, 0.05) is 36.6 Å². The fourth-order valence-corrected chi connectivity index (χ4v) is 5.95. The Morgan fingerprint density at radius 3 is 2.27 bits per heavy atom. The van der Waals surface area contributed by atoms with Gasteiger partial charge in [-0.25, -0.2) is 4.79 Å². The topological polar surface area (TPSA) is 149 Å². The van der Waals surface area contributed by atoms with Crippen molar-refractivity contribution in [1.29, 1.82) is 0 Å². The molecule has 10 nitrogen and oxygen atoms in total. The van der Waals surface area contributed by atoms with Crippen LogP contribution in [0.15, 0.2) is 60.8 Å². The van der Waals surface area contributed by atoms with Crippen LogP contribution in [0.5, 0.6) is 0 Å². The van der Waals surface area contributed by atoms with Crippen LogP contribution >= 0.6 is 0 Å². The average molecular weight is 546 g/mol. The first-order chi connectivity index (χ1) is 19.3. The molecule has 0 unspecified atom stereocenters. The number of aromatic nitrogens is 1. The Morgan fingerprint density at radius 1 is 0.900 bits per heavy atom. The van der Waals surface area contributed by atoms with E-state index in [4.69, 9.17) is 5.73 Å². The van der Waals surface area contributed by atoms with Crippen molar-refractivity contribution in [1.82, 2.24) is 20.1 Å². The minimum atomic E-state index is -1.05. The van der Waals surface area contributed by atoms with Crippen molar-refractivity contribution in [2.45, 2.75) is 62.7 Å². The van der Waals surface area contributed by atoms with Crippen molar-refractivity contribution in [2.24, 2.45) is 5.73 Å². The Labute approximate surface area is 232 Å². The molecule has 5 N–H and O–H groups in total. The van der Waals surface area contributed by atoms with Crippen molar-refractivity contribution >= 4 is 34.6 Å². The monoisotopic (exact) mass is 545 g/mol. The van der Waals surface area contributed by atoms with Gasteiger partial charge >= 0.3 is 5.97 Å². The van der Waals surface area contributed by atoms with Gasteiger partial charge < -0.3 is 30.9 Å². The van der Waals surface area contributed by atoms with Gasteiger partial charge in [0.1, 0.15) is 18.1 Å². The van der Waals surface area contributed by atoms with Crippen LogP contribution in [-0.2, 0) is 32.0 Å². The van der Waals surface area contributed by atoms with Gasteiger partial charge in [-0.15, -0.1) is 0 Å². The molecule has 5 rings (SSSR count). The molecular weight excluding hydrogens is 510 g/mol. The number of H-pyrrole nitrogens is 1. The van der Waals surface area contributed by atoms with E-state index in [0.717, 1.165) is 22.0 Å². The van der Waals surface area contributed by atoms with Gasteiger partial charge in [-0.2, -0.15) is 0 Å². The normalized spacial score (nSPS) is 20.4. The molecule has 0 bridgehead atoms. The van der Waals surface area contributed by atoms with Crippen molar-refractivity contribution in [3.63, 3.8) is 0 Å². The van der Waals surface area contributed by atoms with E-state index in [2.05, 4.69) is 10.3 Å². The van der Waals surface area contributed by atoms with E-state index in [1.165, 1.54) is 9.80 Å². The molecule has 0 radical (unpaired) electrons. The molecular formula is C30H35N5O5. The van der Waals surface area contributed by atoms with E-state index in [0.29, 0.717) is 45.2 Å². The second-order valence-electron chi connectivity index (χ2n) is 10.6. The molecule has 3 amide bonds. The van der Waals surface area contributed by atoms with Crippen molar-refractivity contribution in [2.75, 3.05) is 13.1 Å². The molecule has 2 saturated heterocycles. The predicted octanol–water partition coefficient (Wildman–Crippen LogP) is 1.83. The van der Waals surface area contributed by atoms with Gasteiger partial charge in [0.15, 0.2) is 0 Å². The zero-order valence-electron chi connectivity index (χ0n) is 22.3. The molecule has 1 aromatic heterocycles. The number of carboxylic acids is 1. The van der Waals surface area contributed by atoms with E-state index in [-0.39, 0.29) is 12.3 Å². The highest BCUT2D eigenvalue weighted by Gasteiger charge is 2.41. The quantitative estimate of drug-likeness (QED) is 0.322. The third-order valence-corrected chi connectivity index (χ3v) is 7.99. The lowest BCUT2D eigenvalue weighted by Gasteiger charge is -2.30. The number of carbonyl (C=O) groups excluding carboxylic acids is 3. The second-order valence-corrected chi connectivity index (χ2v) is 10.6. The minimum absolute atomic E-state index is 0.186. The van der Waals surface area contributed by atoms with Crippen LogP contribution < -0.4 is 11.1 Å². The van der Waals surface area contributed by atoms with Crippen LogP contribution in [0.2, 0.25) is 0 Å². The predicted molar refractivity (Wildman–Crippen MR) is 149 cm³/mol. The molecule has 2 aliphatic heterocycles. The summed E-state index contributed by atoms with van der Waals surface area (Å²) in [5.74, 6) is -2.21. The Bertz CT molecular complexity index is 1390. The highest BCUT2D eigenvalue weighted by Crippen LogP contribution is 2.24. The van der Waals surface area contributed by atoms with Gasteiger partial charge in [-0.05, 0) is 49.3 Å². The summed E-state index contributed by atoms with van der Waals surface area (Å²) in [4.78, 5) is 58.6. The van der Waals surface area contributed by atoms with Crippen molar-refractivity contribution in [3.8, 4) is 0 Å². The highest BCUT2D eigenvalue weighted by molar-refractivity contribution is 5.95. The number of carboxylic acid groups (broad SMARTS) is 1. The molecule has 0 saturated carbocycles. The summed E-state index contributed by atoms with van der Waals surface area (Å²) in [6.07, 6.45) is 4.42. The molecule has 210 valence electrons. The lowest BCUT2D eigenvalue weighted by atomic mass is 10.0. The van der Waals surface area contributed by atoms with Gasteiger partial charge in [0.2, 0.25) is 17.7 Å². The number of nitrogens with zero attached hydrogens (tertiary/aromatic N) is 2. The van der Waals surface area contributed by atoms with E-state index >= 15 is 0 Å². The van der Waals surface area contributed by atoms with E-state index in [1.54, 1.807) is 0 Å². The van der Waals surface area contributed by atoms with Crippen LogP contribution in [0.25, 0.3) is 10.9 Å². The summed E-state index contributed by atoms with van der Waals surface area (Å²) >= 11 is 0. The Kier molecular flexibility index (Phi) is 8.16. The second kappa shape index (κ2) is 11.9. The number of amides is 3. The molecule has 10 heteroatoms. The van der Waals surface area contributed by atoms with Crippen molar-refractivity contribution in [3.05, 3.63) is 71.9 Å². The first-order valence-corrected chi connectivity index (χ1v) is 13.8. The number of nitrogens with one attached hydrogen (secondary N) is 2. The molecule has 4 atom stereocenters. The summed E-state index contributed by atoms with van der Waals surface area (Å²) < 4.78 is 0. The smallest absolute Gasteiger partial charge is 0.326 e. The SMILES string of the molecule is N[C@@H](Cc1ccccc1)C(=O)N1CCC[C@H]1C(=O)N[C@@H](Cc1c[nH]c2ccccc12)C(=O)N1CCC[C@H]1C(=O)O. The number of benzene rings is 2. The van der Waals surface area contributed by atoms with Crippen LogP contribution in [0.4, 0.5) is 0 Å². The third kappa shape index (κ3) is 5.72. The number of aliphatic carboxylic acids is 1. The van der Waals surface area contributed by atoms with Crippen LogP contribution in [0.3, 0.4) is 0 Å². The number of hydrogen-bond acceptors (Lipinski definition) is 5. The van der Waals surface area contributed by atoms with Gasteiger partial charge in [0.05, 0.1) is 6.04 Å². The summed E-state index contributed by atoms with van der Waals surface area (Å²) in [6, 6.07) is 13.7. The number of aromatic amines is 1. The average Bonchev–Trinajstić information content (AvgIpc) is 3.72. The van der Waals surface area contributed by atoms with Gasteiger partial charge in [0.25, 0.3) is 0 Å². The first kappa shape index (κ1) is 27.4. The molecule has 0 spiro atoms. The number of fused-ring (bicyclic) bond motifs is 1. The van der Waals surface area contributed by atoms with Gasteiger partial charge in [-0.1, -0.05) is 48.5 Å². The molecule has 2 aliphatic rings. The molecule has 3 heterocycles. The summed E-state index contributed by atoms with van der Waals surface area (Å²) in [6.45, 7) is 0.728. The Balaban J connectivity index is 1.34. The number of likely N-dealkylation sites (tertiary alicyclic amines) is 2. The number of para-hydroxylation sites is 1. The molecule has 0 aliphatic carbocycles. The molecule has 3 aromatic rings. The van der Waals surface area contributed by atoms with Crippen LogP contribution in [0, 0.1) is 0 Å². The Hall–Kier alpha value is -4.18. The minimum Gasteiger partial charge on any atom is -0.480 e. The molecule has 2 fully saturated rings. The number of nitrogens with two attached hydrogens (primary N) is 1. The number of carbonyl (C=O) groups is 4. The zero-order valence-corrected chi connectivity index (χ0v) is 22.3. The molecule has 40 heavy (non-hydrogen) atoms. The molecule has 2 aromatic carbocycles. The number of rotatable bonds is 9.